The van der Waals surface area contributed by atoms with E-state index in [2.05, 4.69) is 0 Å². The highest BCUT2D eigenvalue weighted by Crippen LogP contribution is 2.38. The first kappa shape index (κ1) is 17.1. The summed E-state index contributed by atoms with van der Waals surface area (Å²) in [7, 11) is 0. The van der Waals surface area contributed by atoms with Crippen LogP contribution in [0.2, 0.25) is 0 Å². The molecule has 1 saturated heterocycles. The van der Waals surface area contributed by atoms with Crippen LogP contribution in [-0.4, -0.2) is 30.0 Å². The van der Waals surface area contributed by atoms with Gasteiger partial charge in [-0.25, -0.2) is 4.39 Å². The lowest BCUT2D eigenvalue weighted by molar-refractivity contribution is 0.0274. The summed E-state index contributed by atoms with van der Waals surface area (Å²) in [4.78, 5) is 14.7. The average Bonchev–Trinajstić information content (AvgIpc) is 2.69. The van der Waals surface area contributed by atoms with Crippen molar-refractivity contribution in [1.82, 2.24) is 4.90 Å². The smallest absolute Gasteiger partial charge is 0.253 e. The predicted molar refractivity (Wildman–Crippen MR) is 98.6 cm³/mol. The van der Waals surface area contributed by atoms with Crippen molar-refractivity contribution in [1.29, 1.82) is 0 Å². The van der Waals surface area contributed by atoms with E-state index in [-0.39, 0.29) is 17.8 Å². The van der Waals surface area contributed by atoms with E-state index in [1.165, 1.54) is 12.1 Å². The molecular weight excluding hydrogens is 329 g/mol. The number of carbonyl (C=O) groups excluding carboxylic acids is 1. The van der Waals surface area contributed by atoms with Gasteiger partial charge in [0.15, 0.2) is 0 Å². The second-order valence-electron chi connectivity index (χ2n) is 7.43. The number of ether oxygens (including phenoxy) is 1. The Balaban J connectivity index is 1.34. The zero-order valence-corrected chi connectivity index (χ0v) is 14.8. The fourth-order valence-electron chi connectivity index (χ4n) is 4.33. The molecule has 1 heterocycles. The summed E-state index contributed by atoms with van der Waals surface area (Å²) in [6, 6.07) is 15.8. The Kier molecular flexibility index (Phi) is 4.91. The summed E-state index contributed by atoms with van der Waals surface area (Å²) in [5, 5.41) is 0. The van der Waals surface area contributed by atoms with E-state index in [1.54, 1.807) is 12.1 Å². The summed E-state index contributed by atoms with van der Waals surface area (Å²) >= 11 is 0. The summed E-state index contributed by atoms with van der Waals surface area (Å²) in [5.74, 6) is 1.82. The van der Waals surface area contributed by atoms with Crippen LogP contribution in [0, 0.1) is 17.7 Å². The molecule has 1 aliphatic carbocycles. The van der Waals surface area contributed by atoms with E-state index in [1.807, 2.05) is 35.2 Å². The number of hydrogen-bond donors (Lipinski definition) is 0. The van der Waals surface area contributed by atoms with Crippen LogP contribution in [-0.2, 0) is 0 Å². The molecular formula is C22H24FNO2. The molecule has 4 heteroatoms. The van der Waals surface area contributed by atoms with Crippen molar-refractivity contribution in [3.05, 3.63) is 66.0 Å². The molecule has 2 aromatic rings. The molecule has 1 saturated carbocycles. The molecule has 0 bridgehead atoms. The lowest BCUT2D eigenvalue weighted by atomic mass is 9.74. The molecule has 2 aliphatic rings. The average molecular weight is 353 g/mol. The van der Waals surface area contributed by atoms with Crippen molar-refractivity contribution in [3.8, 4) is 5.75 Å². The van der Waals surface area contributed by atoms with E-state index >= 15 is 0 Å². The highest BCUT2D eigenvalue weighted by atomic mass is 19.1. The van der Waals surface area contributed by atoms with E-state index in [0.29, 0.717) is 11.8 Å². The third kappa shape index (κ3) is 3.74. The normalized spacial score (nSPS) is 25.4. The van der Waals surface area contributed by atoms with Crippen molar-refractivity contribution >= 4 is 5.91 Å². The first-order chi connectivity index (χ1) is 12.7. The Hall–Kier alpha value is -2.36. The quantitative estimate of drug-likeness (QED) is 0.811. The van der Waals surface area contributed by atoms with Crippen molar-refractivity contribution in [2.75, 3.05) is 13.1 Å². The molecule has 0 aromatic heterocycles. The second-order valence-corrected chi connectivity index (χ2v) is 7.43. The van der Waals surface area contributed by atoms with E-state index in [9.17, 15) is 9.18 Å². The first-order valence-corrected chi connectivity index (χ1v) is 9.45. The second kappa shape index (κ2) is 7.48. The number of piperidine rings is 1. The third-order valence-corrected chi connectivity index (χ3v) is 5.74. The maximum Gasteiger partial charge on any atom is 0.253 e. The van der Waals surface area contributed by atoms with E-state index in [4.69, 9.17) is 4.74 Å². The van der Waals surface area contributed by atoms with Gasteiger partial charge in [-0.3, -0.25) is 4.79 Å². The van der Waals surface area contributed by atoms with Crippen LogP contribution in [0.15, 0.2) is 54.6 Å². The van der Waals surface area contributed by atoms with Gasteiger partial charge in [0.2, 0.25) is 0 Å². The van der Waals surface area contributed by atoms with Crippen LogP contribution < -0.4 is 4.74 Å². The minimum absolute atomic E-state index is 0.147. The summed E-state index contributed by atoms with van der Waals surface area (Å²) in [5.41, 5.74) is 0.777. The van der Waals surface area contributed by atoms with Gasteiger partial charge in [0.25, 0.3) is 5.91 Å². The van der Waals surface area contributed by atoms with Gasteiger partial charge in [-0.05, 0) is 73.9 Å². The minimum Gasteiger partial charge on any atom is -0.490 e. The number of benzene rings is 2. The molecule has 2 fully saturated rings. The molecule has 0 radical (unpaired) electrons. The number of rotatable bonds is 3. The number of halogens is 1. The van der Waals surface area contributed by atoms with Gasteiger partial charge in [0.1, 0.15) is 11.6 Å². The number of fused-ring (bicyclic) bond motifs is 1. The van der Waals surface area contributed by atoms with Gasteiger partial charge in [-0.1, -0.05) is 18.2 Å². The fraction of sp³-hybridized carbons (Fsp3) is 0.409. The summed E-state index contributed by atoms with van der Waals surface area (Å²) < 4.78 is 19.1. The van der Waals surface area contributed by atoms with E-state index in [0.717, 1.165) is 50.1 Å². The molecule has 136 valence electrons. The molecule has 1 aliphatic heterocycles. The maximum absolute atomic E-state index is 13.0. The lowest BCUT2D eigenvalue weighted by Crippen LogP contribution is -2.47. The SMILES string of the molecule is O=C(c1ccccc1)N1CC[C@H]2CC(Oc3ccc(F)cc3)CC[C@H]2C1. The third-order valence-electron chi connectivity index (χ3n) is 5.74. The predicted octanol–water partition coefficient (Wildman–Crippen LogP) is 4.54. The Morgan fingerprint density at radius 1 is 0.962 bits per heavy atom. The standard InChI is InChI=1S/C22H24FNO2/c23-19-7-10-20(11-8-19)26-21-9-6-18-15-24(13-12-17(18)14-21)22(25)16-4-2-1-3-5-16/h1-5,7-8,10-11,17-18,21H,6,9,12-15H2/t17-,18-,21?/m0/s1. The highest BCUT2D eigenvalue weighted by Gasteiger charge is 2.37. The van der Waals surface area contributed by atoms with Crippen molar-refractivity contribution < 1.29 is 13.9 Å². The number of hydrogen-bond acceptors (Lipinski definition) is 2. The van der Waals surface area contributed by atoms with Crippen LogP contribution in [0.4, 0.5) is 4.39 Å². The molecule has 4 rings (SSSR count). The molecule has 0 spiro atoms. The number of carbonyl (C=O) groups is 1. The maximum atomic E-state index is 13.0. The van der Waals surface area contributed by atoms with Crippen molar-refractivity contribution in [3.63, 3.8) is 0 Å². The molecule has 26 heavy (non-hydrogen) atoms. The van der Waals surface area contributed by atoms with Gasteiger partial charge < -0.3 is 9.64 Å². The molecule has 1 unspecified atom stereocenters. The topological polar surface area (TPSA) is 29.5 Å². The summed E-state index contributed by atoms with van der Waals surface area (Å²) in [6.45, 7) is 1.67. The Labute approximate surface area is 153 Å². The van der Waals surface area contributed by atoms with Crippen LogP contribution in [0.5, 0.6) is 5.75 Å². The zero-order chi connectivity index (χ0) is 17.9. The van der Waals surface area contributed by atoms with Crippen LogP contribution in [0.25, 0.3) is 0 Å². The van der Waals surface area contributed by atoms with Crippen molar-refractivity contribution in [2.45, 2.75) is 31.8 Å². The van der Waals surface area contributed by atoms with Gasteiger partial charge >= 0.3 is 0 Å². The fourth-order valence-corrected chi connectivity index (χ4v) is 4.33. The van der Waals surface area contributed by atoms with Gasteiger partial charge in [-0.2, -0.15) is 0 Å². The van der Waals surface area contributed by atoms with E-state index < -0.39 is 0 Å². The molecule has 0 N–H and O–H groups in total. The van der Waals surface area contributed by atoms with Crippen LogP contribution >= 0.6 is 0 Å². The molecule has 2 aromatic carbocycles. The number of amides is 1. The van der Waals surface area contributed by atoms with Crippen LogP contribution in [0.3, 0.4) is 0 Å². The minimum atomic E-state index is -0.239. The number of nitrogens with zero attached hydrogens (tertiary/aromatic N) is 1. The van der Waals surface area contributed by atoms with Gasteiger partial charge in [-0.15, -0.1) is 0 Å². The Bertz CT molecular complexity index is 746. The summed E-state index contributed by atoms with van der Waals surface area (Å²) in [6.07, 6.45) is 4.32. The Morgan fingerprint density at radius 3 is 2.50 bits per heavy atom. The van der Waals surface area contributed by atoms with Gasteiger partial charge in [0, 0.05) is 18.7 Å². The highest BCUT2D eigenvalue weighted by molar-refractivity contribution is 5.94. The number of likely N-dealkylation sites (tertiary alicyclic amines) is 1. The molecule has 1 amide bonds. The first-order valence-electron chi connectivity index (χ1n) is 9.45. The monoisotopic (exact) mass is 353 g/mol. The lowest BCUT2D eigenvalue weighted by Gasteiger charge is -2.43. The molecule has 3 nitrogen and oxygen atoms in total. The zero-order valence-electron chi connectivity index (χ0n) is 14.8. The molecule has 3 atom stereocenters. The van der Waals surface area contributed by atoms with Gasteiger partial charge in [0.05, 0.1) is 6.10 Å². The van der Waals surface area contributed by atoms with Crippen LogP contribution in [0.1, 0.15) is 36.0 Å². The Morgan fingerprint density at radius 2 is 1.73 bits per heavy atom. The van der Waals surface area contributed by atoms with Crippen molar-refractivity contribution in [2.24, 2.45) is 11.8 Å². The largest absolute Gasteiger partial charge is 0.490 e.